The van der Waals surface area contributed by atoms with Crippen LogP contribution >= 0.6 is 0 Å². The fraction of sp³-hybridized carbons (Fsp3) is 0.407. The number of nitrogens with zero attached hydrogens (tertiary/aromatic N) is 2. The number of hydrogen-bond acceptors (Lipinski definition) is 7. The zero-order valence-electron chi connectivity index (χ0n) is 20.4. The van der Waals surface area contributed by atoms with Gasteiger partial charge in [-0.25, -0.2) is 0 Å². The van der Waals surface area contributed by atoms with Crippen LogP contribution in [0.3, 0.4) is 0 Å². The summed E-state index contributed by atoms with van der Waals surface area (Å²) in [5.74, 6) is 0.216. The molecule has 2 aromatic carbocycles. The molecule has 3 heterocycles. The lowest BCUT2D eigenvalue weighted by molar-refractivity contribution is -0.00578. The van der Waals surface area contributed by atoms with Crippen LogP contribution < -0.4 is 9.47 Å². The number of carbonyl (C=O) groups excluding carboxylic acids is 4. The first-order valence-corrected chi connectivity index (χ1v) is 12.0. The van der Waals surface area contributed by atoms with Gasteiger partial charge in [-0.15, -0.1) is 0 Å². The van der Waals surface area contributed by atoms with Crippen molar-refractivity contribution in [3.63, 3.8) is 0 Å². The van der Waals surface area contributed by atoms with Gasteiger partial charge in [0.15, 0.2) is 5.78 Å². The van der Waals surface area contributed by atoms with E-state index in [4.69, 9.17) is 14.2 Å². The Balaban J connectivity index is 1.27. The van der Waals surface area contributed by atoms with E-state index in [9.17, 15) is 19.2 Å². The van der Waals surface area contributed by atoms with Gasteiger partial charge in [-0.2, -0.15) is 0 Å². The third-order valence-electron chi connectivity index (χ3n) is 7.21. The van der Waals surface area contributed by atoms with Crippen LogP contribution in [0.4, 0.5) is 0 Å². The average molecular weight is 493 g/mol. The molecule has 0 bridgehead atoms. The highest BCUT2D eigenvalue weighted by molar-refractivity contribution is 6.22. The number of likely N-dealkylation sites (tertiary alicyclic amines) is 1. The summed E-state index contributed by atoms with van der Waals surface area (Å²) >= 11 is 0. The van der Waals surface area contributed by atoms with Crippen molar-refractivity contribution in [2.75, 3.05) is 40.5 Å². The van der Waals surface area contributed by atoms with Crippen LogP contribution in [0.2, 0.25) is 0 Å². The van der Waals surface area contributed by atoms with Gasteiger partial charge in [0.25, 0.3) is 17.7 Å². The smallest absolute Gasteiger partial charge is 0.261 e. The predicted molar refractivity (Wildman–Crippen MR) is 129 cm³/mol. The van der Waals surface area contributed by atoms with E-state index in [1.54, 1.807) is 49.5 Å². The van der Waals surface area contributed by atoms with E-state index in [1.807, 2.05) is 0 Å². The summed E-state index contributed by atoms with van der Waals surface area (Å²) in [6.07, 6.45) is 1.84. The topological polar surface area (TPSA) is 102 Å². The van der Waals surface area contributed by atoms with Gasteiger partial charge < -0.3 is 19.1 Å². The Hall–Kier alpha value is -3.72. The molecule has 9 nitrogen and oxygen atoms in total. The van der Waals surface area contributed by atoms with Gasteiger partial charge >= 0.3 is 0 Å². The first kappa shape index (κ1) is 24.0. The Bertz CT molecular complexity index is 1250. The number of fused-ring (bicyclic) bond motifs is 2. The Morgan fingerprint density at radius 1 is 0.972 bits per heavy atom. The Morgan fingerprint density at radius 2 is 1.72 bits per heavy atom. The van der Waals surface area contributed by atoms with Crippen LogP contribution in [0.5, 0.6) is 11.5 Å². The number of imide groups is 1. The highest BCUT2D eigenvalue weighted by Gasteiger charge is 2.44. The van der Waals surface area contributed by atoms with E-state index in [0.29, 0.717) is 67.1 Å². The minimum absolute atomic E-state index is 0.00628. The van der Waals surface area contributed by atoms with Crippen LogP contribution in [0.1, 0.15) is 67.1 Å². The van der Waals surface area contributed by atoms with Gasteiger partial charge in [0, 0.05) is 51.8 Å². The summed E-state index contributed by atoms with van der Waals surface area (Å²) in [6.45, 7) is 1.56. The second-order valence-corrected chi connectivity index (χ2v) is 9.41. The van der Waals surface area contributed by atoms with Crippen LogP contribution in [0.25, 0.3) is 0 Å². The number of piperidine rings is 1. The first-order valence-electron chi connectivity index (χ1n) is 12.0. The number of ketones is 1. The number of carbonyl (C=O) groups is 4. The fourth-order valence-electron chi connectivity index (χ4n) is 5.17. The largest absolute Gasteiger partial charge is 0.497 e. The van der Waals surface area contributed by atoms with Crippen molar-refractivity contribution < 1.29 is 33.4 Å². The van der Waals surface area contributed by atoms with E-state index in [2.05, 4.69) is 0 Å². The molecule has 3 aliphatic rings. The molecule has 1 spiro atoms. The van der Waals surface area contributed by atoms with Gasteiger partial charge in [0.1, 0.15) is 17.1 Å². The zero-order chi connectivity index (χ0) is 25.4. The molecular weight excluding hydrogens is 464 g/mol. The molecule has 0 atom stereocenters. The Morgan fingerprint density at radius 3 is 2.44 bits per heavy atom. The van der Waals surface area contributed by atoms with Crippen LogP contribution in [0.15, 0.2) is 36.4 Å². The van der Waals surface area contributed by atoms with E-state index in [0.717, 1.165) is 0 Å². The van der Waals surface area contributed by atoms with Crippen molar-refractivity contribution in [1.82, 2.24) is 9.80 Å². The molecule has 36 heavy (non-hydrogen) atoms. The van der Waals surface area contributed by atoms with Gasteiger partial charge in [-0.1, -0.05) is 0 Å². The number of ether oxygens (including phenoxy) is 3. The molecule has 0 aliphatic carbocycles. The third-order valence-corrected chi connectivity index (χ3v) is 7.21. The molecule has 188 valence electrons. The number of Topliss-reactive ketones (excluding diaryl/α,β-unsaturated/α-hetero) is 1. The number of amides is 3. The van der Waals surface area contributed by atoms with Gasteiger partial charge in [-0.05, 0) is 42.8 Å². The average Bonchev–Trinajstić information content (AvgIpc) is 3.13. The van der Waals surface area contributed by atoms with Gasteiger partial charge in [0.05, 0.1) is 30.2 Å². The lowest BCUT2D eigenvalue weighted by Gasteiger charge is -2.44. The molecule has 5 rings (SSSR count). The molecule has 0 radical (unpaired) electrons. The zero-order valence-corrected chi connectivity index (χ0v) is 20.4. The summed E-state index contributed by atoms with van der Waals surface area (Å²) in [7, 11) is 3.12. The normalized spacial score (nSPS) is 18.2. The van der Waals surface area contributed by atoms with Crippen molar-refractivity contribution in [3.05, 3.63) is 58.7 Å². The van der Waals surface area contributed by atoms with Crippen LogP contribution in [-0.4, -0.2) is 79.4 Å². The molecule has 0 saturated carbocycles. The molecule has 9 heteroatoms. The number of benzene rings is 2. The maximum Gasteiger partial charge on any atom is 0.261 e. The quantitative estimate of drug-likeness (QED) is 0.451. The highest BCUT2D eigenvalue weighted by atomic mass is 16.5. The second kappa shape index (κ2) is 9.39. The Kier molecular flexibility index (Phi) is 6.26. The molecule has 0 aromatic heterocycles. The third kappa shape index (κ3) is 4.13. The maximum atomic E-state index is 13.3. The molecular formula is C27H28N2O7. The van der Waals surface area contributed by atoms with Crippen molar-refractivity contribution >= 4 is 23.5 Å². The second-order valence-electron chi connectivity index (χ2n) is 9.41. The molecule has 1 saturated heterocycles. The summed E-state index contributed by atoms with van der Waals surface area (Å²) in [6, 6.07) is 9.89. The molecule has 3 amide bonds. The SMILES string of the molecule is COCCCN1C(=O)c2ccc(C(=O)N3CCC4(CC3)CC(=O)c3cc(OC)ccc3O4)cc2C1=O. The van der Waals surface area contributed by atoms with E-state index >= 15 is 0 Å². The lowest BCUT2D eigenvalue weighted by Crippen LogP contribution is -2.52. The van der Waals surface area contributed by atoms with E-state index < -0.39 is 5.60 Å². The van der Waals surface area contributed by atoms with Gasteiger partial charge in [0.2, 0.25) is 0 Å². The molecule has 2 aromatic rings. The van der Waals surface area contributed by atoms with Crippen molar-refractivity contribution in [2.45, 2.75) is 31.3 Å². The number of rotatable bonds is 6. The van der Waals surface area contributed by atoms with Crippen molar-refractivity contribution in [1.29, 1.82) is 0 Å². The van der Waals surface area contributed by atoms with E-state index in [-0.39, 0.29) is 42.0 Å². The molecule has 0 unspecified atom stereocenters. The van der Waals surface area contributed by atoms with Crippen LogP contribution in [0, 0.1) is 0 Å². The van der Waals surface area contributed by atoms with Gasteiger partial charge in [-0.3, -0.25) is 24.1 Å². The standard InChI is InChI=1S/C27H28N2O7/c1-34-13-3-10-29-25(32)19-6-4-17(14-20(19)26(29)33)24(31)28-11-8-27(9-12-28)16-22(30)21-15-18(35-2)5-7-23(21)36-27/h4-7,14-15H,3,8-13,16H2,1-2H3. The fourth-order valence-corrected chi connectivity index (χ4v) is 5.17. The molecule has 1 fully saturated rings. The monoisotopic (exact) mass is 492 g/mol. The first-order chi connectivity index (χ1) is 17.4. The summed E-state index contributed by atoms with van der Waals surface area (Å²) in [5, 5.41) is 0. The summed E-state index contributed by atoms with van der Waals surface area (Å²) in [5.41, 5.74) is 0.814. The van der Waals surface area contributed by atoms with Crippen LogP contribution in [-0.2, 0) is 4.74 Å². The minimum Gasteiger partial charge on any atom is -0.497 e. The predicted octanol–water partition coefficient (Wildman–Crippen LogP) is 2.97. The van der Waals surface area contributed by atoms with E-state index in [1.165, 1.54) is 11.0 Å². The maximum absolute atomic E-state index is 13.3. The summed E-state index contributed by atoms with van der Waals surface area (Å²) in [4.78, 5) is 54.5. The highest BCUT2D eigenvalue weighted by Crippen LogP contribution is 2.40. The molecule has 3 aliphatic heterocycles. The number of hydrogen-bond donors (Lipinski definition) is 0. The number of methoxy groups -OCH3 is 2. The summed E-state index contributed by atoms with van der Waals surface area (Å²) < 4.78 is 16.5. The minimum atomic E-state index is -0.640. The lowest BCUT2D eigenvalue weighted by atomic mass is 9.82. The van der Waals surface area contributed by atoms with Crippen molar-refractivity contribution in [2.24, 2.45) is 0 Å². The van der Waals surface area contributed by atoms with Crippen molar-refractivity contribution in [3.8, 4) is 11.5 Å². The molecule has 0 N–H and O–H groups in total. The Labute approximate surface area is 208 Å².